The van der Waals surface area contributed by atoms with E-state index in [0.29, 0.717) is 27.0 Å². The van der Waals surface area contributed by atoms with Crippen molar-refractivity contribution >= 4 is 52.6 Å². The number of ketones is 1. The standard InChI is InChI=1S/C28H20Cl2N2O4/c1-36-20-8-6-16(7-9-20)26(33)25-23-22(24-21-5-3-2-4-15(21)10-11-31(24)25)27(34)32(28(23)35)19-13-17(29)12-18(30)14-19/h2-14,22-25H,1H3/t22-,23+,24-,25-/m0/s1. The molecule has 36 heavy (non-hydrogen) atoms. The summed E-state index contributed by atoms with van der Waals surface area (Å²) >= 11 is 12.4. The van der Waals surface area contributed by atoms with Gasteiger partial charge in [0, 0.05) is 21.8 Å². The number of fused-ring (bicyclic) bond motifs is 5. The number of carbonyl (C=O) groups excluding carboxylic acids is 3. The summed E-state index contributed by atoms with van der Waals surface area (Å²) in [6, 6.07) is 17.8. The number of imide groups is 1. The number of Topliss-reactive ketones (excluding diaryl/α,β-unsaturated/α-hetero) is 1. The van der Waals surface area contributed by atoms with E-state index < -0.39 is 29.8 Å². The lowest BCUT2D eigenvalue weighted by Crippen LogP contribution is -2.44. The second-order valence-electron chi connectivity index (χ2n) is 9.07. The van der Waals surface area contributed by atoms with Gasteiger partial charge in [-0.3, -0.25) is 14.4 Å². The van der Waals surface area contributed by atoms with E-state index >= 15 is 0 Å². The third-order valence-corrected chi connectivity index (χ3v) is 7.65. The van der Waals surface area contributed by atoms with Crippen LogP contribution in [0.1, 0.15) is 27.5 Å². The quantitative estimate of drug-likeness (QED) is 0.341. The summed E-state index contributed by atoms with van der Waals surface area (Å²) in [6.07, 6.45) is 3.75. The number of halogens is 2. The second-order valence-corrected chi connectivity index (χ2v) is 9.94. The van der Waals surface area contributed by atoms with Gasteiger partial charge in [-0.2, -0.15) is 0 Å². The highest BCUT2D eigenvalue weighted by molar-refractivity contribution is 6.36. The smallest absolute Gasteiger partial charge is 0.240 e. The Bertz CT molecular complexity index is 1430. The molecule has 0 saturated carbocycles. The number of anilines is 1. The molecule has 3 aliphatic heterocycles. The van der Waals surface area contributed by atoms with Gasteiger partial charge in [0.05, 0.1) is 30.7 Å². The molecule has 2 saturated heterocycles. The summed E-state index contributed by atoms with van der Waals surface area (Å²) in [5, 5.41) is 0.627. The Hall–Kier alpha value is -3.61. The lowest BCUT2D eigenvalue weighted by atomic mass is 9.83. The molecule has 8 heteroatoms. The van der Waals surface area contributed by atoms with E-state index in [0.717, 1.165) is 16.0 Å². The maximum absolute atomic E-state index is 13.9. The van der Waals surface area contributed by atoms with E-state index in [1.807, 2.05) is 41.4 Å². The predicted octanol–water partition coefficient (Wildman–Crippen LogP) is 5.40. The van der Waals surface area contributed by atoms with Gasteiger partial charge in [0.25, 0.3) is 0 Å². The first kappa shape index (κ1) is 22.8. The summed E-state index contributed by atoms with van der Waals surface area (Å²) in [6.45, 7) is 0. The Balaban J connectivity index is 1.49. The molecule has 0 N–H and O–H groups in total. The summed E-state index contributed by atoms with van der Waals surface area (Å²) in [5.41, 5.74) is 2.61. The number of ether oxygens (including phenoxy) is 1. The van der Waals surface area contributed by atoms with Crippen LogP contribution in [0.2, 0.25) is 10.0 Å². The van der Waals surface area contributed by atoms with Crippen molar-refractivity contribution in [1.29, 1.82) is 0 Å². The minimum Gasteiger partial charge on any atom is -0.497 e. The van der Waals surface area contributed by atoms with Crippen LogP contribution < -0.4 is 9.64 Å². The molecule has 4 atom stereocenters. The van der Waals surface area contributed by atoms with Crippen LogP contribution >= 0.6 is 23.2 Å². The van der Waals surface area contributed by atoms with E-state index in [1.54, 1.807) is 37.4 Å². The van der Waals surface area contributed by atoms with Crippen molar-refractivity contribution in [3.05, 3.63) is 99.7 Å². The molecule has 2 fully saturated rings. The van der Waals surface area contributed by atoms with Gasteiger partial charge in [0.1, 0.15) is 11.8 Å². The van der Waals surface area contributed by atoms with Crippen LogP contribution in [-0.4, -0.2) is 35.6 Å². The Morgan fingerprint density at radius 2 is 1.56 bits per heavy atom. The number of hydrogen-bond acceptors (Lipinski definition) is 5. The molecule has 180 valence electrons. The fraction of sp³-hybridized carbons (Fsp3) is 0.179. The largest absolute Gasteiger partial charge is 0.497 e. The monoisotopic (exact) mass is 518 g/mol. The number of nitrogens with zero attached hydrogens (tertiary/aromatic N) is 2. The molecule has 0 aliphatic carbocycles. The van der Waals surface area contributed by atoms with Crippen molar-refractivity contribution in [2.24, 2.45) is 11.8 Å². The van der Waals surface area contributed by atoms with Gasteiger partial charge >= 0.3 is 0 Å². The predicted molar refractivity (Wildman–Crippen MR) is 137 cm³/mol. The first-order valence-electron chi connectivity index (χ1n) is 11.5. The Kier molecular flexibility index (Phi) is 5.39. The first-order valence-corrected chi connectivity index (χ1v) is 12.2. The summed E-state index contributed by atoms with van der Waals surface area (Å²) in [7, 11) is 1.55. The van der Waals surface area contributed by atoms with Crippen molar-refractivity contribution in [3.63, 3.8) is 0 Å². The Morgan fingerprint density at radius 3 is 2.25 bits per heavy atom. The van der Waals surface area contributed by atoms with Crippen molar-refractivity contribution in [3.8, 4) is 5.75 Å². The highest BCUT2D eigenvalue weighted by Crippen LogP contribution is 2.54. The zero-order valence-corrected chi connectivity index (χ0v) is 20.6. The van der Waals surface area contributed by atoms with Crippen molar-refractivity contribution in [2.75, 3.05) is 12.0 Å². The van der Waals surface area contributed by atoms with E-state index in [1.165, 1.54) is 12.1 Å². The topological polar surface area (TPSA) is 66.9 Å². The highest BCUT2D eigenvalue weighted by Gasteiger charge is 2.64. The number of amides is 2. The van der Waals surface area contributed by atoms with Gasteiger partial charge in [-0.25, -0.2) is 4.90 Å². The SMILES string of the molecule is COc1ccc(C(=O)[C@@H]2[C@@H]3C(=O)N(c4cc(Cl)cc(Cl)c4)C(=O)[C@@H]3[C@@H]3c4ccccc4C=CN23)cc1. The average Bonchev–Trinajstić information content (AvgIpc) is 3.35. The molecule has 3 aromatic rings. The summed E-state index contributed by atoms with van der Waals surface area (Å²) < 4.78 is 5.22. The fourth-order valence-electron chi connectivity index (χ4n) is 5.71. The van der Waals surface area contributed by atoms with E-state index in [9.17, 15) is 14.4 Å². The van der Waals surface area contributed by atoms with E-state index in [-0.39, 0.29) is 11.7 Å². The van der Waals surface area contributed by atoms with Crippen molar-refractivity contribution < 1.29 is 19.1 Å². The molecular formula is C28H20Cl2N2O4. The highest BCUT2D eigenvalue weighted by atomic mass is 35.5. The van der Waals surface area contributed by atoms with Crippen LogP contribution in [-0.2, 0) is 9.59 Å². The summed E-state index contributed by atoms with van der Waals surface area (Å²) in [4.78, 5) is 44.8. The van der Waals surface area contributed by atoms with E-state index in [4.69, 9.17) is 27.9 Å². The van der Waals surface area contributed by atoms with Gasteiger partial charge in [-0.15, -0.1) is 0 Å². The molecule has 2 amide bonds. The second kappa shape index (κ2) is 8.50. The molecule has 3 aliphatic rings. The molecule has 3 aromatic carbocycles. The zero-order valence-electron chi connectivity index (χ0n) is 19.1. The zero-order chi connectivity index (χ0) is 25.1. The van der Waals surface area contributed by atoms with Crippen LogP contribution in [0.15, 0.2) is 72.9 Å². The summed E-state index contributed by atoms with van der Waals surface area (Å²) in [5.74, 6) is -2.02. The first-order chi connectivity index (χ1) is 17.4. The Morgan fingerprint density at radius 1 is 0.889 bits per heavy atom. The van der Waals surface area contributed by atoms with Crippen molar-refractivity contribution in [2.45, 2.75) is 12.1 Å². The number of methoxy groups -OCH3 is 1. The number of benzene rings is 3. The molecule has 6 nitrogen and oxygen atoms in total. The molecule has 0 aromatic heterocycles. The number of hydrogen-bond donors (Lipinski definition) is 0. The maximum Gasteiger partial charge on any atom is 0.240 e. The molecule has 6 rings (SSSR count). The molecule has 0 radical (unpaired) electrons. The van der Waals surface area contributed by atoms with Crippen LogP contribution in [0.5, 0.6) is 5.75 Å². The maximum atomic E-state index is 13.9. The molecular weight excluding hydrogens is 499 g/mol. The van der Waals surface area contributed by atoms with Crippen molar-refractivity contribution in [1.82, 2.24) is 4.90 Å². The minimum absolute atomic E-state index is 0.230. The Labute approximate surface area is 217 Å². The molecule has 0 bridgehead atoms. The molecule has 0 unspecified atom stereocenters. The molecule has 3 heterocycles. The third kappa shape index (κ3) is 3.36. The van der Waals surface area contributed by atoms with Crippen LogP contribution in [0.25, 0.3) is 6.08 Å². The van der Waals surface area contributed by atoms with Crippen LogP contribution in [0, 0.1) is 11.8 Å². The third-order valence-electron chi connectivity index (χ3n) is 7.21. The van der Waals surface area contributed by atoms with Gasteiger partial charge in [-0.05, 0) is 59.7 Å². The fourth-order valence-corrected chi connectivity index (χ4v) is 6.22. The average molecular weight is 519 g/mol. The van der Waals surface area contributed by atoms with Crippen LogP contribution in [0.4, 0.5) is 5.69 Å². The van der Waals surface area contributed by atoms with Crippen LogP contribution in [0.3, 0.4) is 0 Å². The minimum atomic E-state index is -0.870. The van der Waals surface area contributed by atoms with Gasteiger partial charge < -0.3 is 9.64 Å². The van der Waals surface area contributed by atoms with Gasteiger partial charge in [0.15, 0.2) is 5.78 Å². The molecule has 0 spiro atoms. The van der Waals surface area contributed by atoms with Gasteiger partial charge in [-0.1, -0.05) is 47.5 Å². The van der Waals surface area contributed by atoms with E-state index in [2.05, 4.69) is 0 Å². The lowest BCUT2D eigenvalue weighted by molar-refractivity contribution is -0.123. The normalized spacial score (nSPS) is 24.0. The number of carbonyl (C=O) groups is 3. The lowest BCUT2D eigenvalue weighted by Gasteiger charge is -2.35. The number of rotatable bonds is 4. The van der Waals surface area contributed by atoms with Gasteiger partial charge in [0.2, 0.25) is 11.8 Å².